The molecule has 1 aromatic carbocycles. The van der Waals surface area contributed by atoms with Gasteiger partial charge in [0.05, 0.1) is 11.7 Å². The van der Waals surface area contributed by atoms with Gasteiger partial charge in [0.2, 0.25) is 0 Å². The Hall–Kier alpha value is -2.20. The second kappa shape index (κ2) is 9.12. The second-order valence-corrected chi connectivity index (χ2v) is 9.69. The van der Waals surface area contributed by atoms with Crippen molar-refractivity contribution in [3.05, 3.63) is 59.8 Å². The van der Waals surface area contributed by atoms with Gasteiger partial charge in [-0.15, -0.1) is 0 Å². The van der Waals surface area contributed by atoms with Crippen molar-refractivity contribution in [1.82, 2.24) is 14.5 Å². The molecule has 31 heavy (non-hydrogen) atoms. The highest BCUT2D eigenvalue weighted by molar-refractivity contribution is 5.85. The van der Waals surface area contributed by atoms with Gasteiger partial charge >= 0.3 is 0 Å². The summed E-state index contributed by atoms with van der Waals surface area (Å²) in [5, 5.41) is 1.29. The predicted octanol–water partition coefficient (Wildman–Crippen LogP) is 6.62. The number of rotatable bonds is 5. The van der Waals surface area contributed by atoms with Crippen molar-refractivity contribution >= 4 is 10.9 Å². The van der Waals surface area contributed by atoms with Crippen LogP contribution in [0, 0.1) is 18.7 Å². The molecular formula is C27H34FN3. The van der Waals surface area contributed by atoms with Crippen LogP contribution < -0.4 is 0 Å². The highest BCUT2D eigenvalue weighted by atomic mass is 19.1. The van der Waals surface area contributed by atoms with E-state index in [-0.39, 0.29) is 5.82 Å². The average Bonchev–Trinajstić information content (AvgIpc) is 3.18. The van der Waals surface area contributed by atoms with E-state index in [1.54, 1.807) is 12.1 Å². The molecule has 0 unspecified atom stereocenters. The lowest BCUT2D eigenvalue weighted by molar-refractivity contribution is 0.189. The van der Waals surface area contributed by atoms with Crippen LogP contribution in [-0.4, -0.2) is 34.1 Å². The predicted molar refractivity (Wildman–Crippen MR) is 125 cm³/mol. The molecule has 3 heterocycles. The van der Waals surface area contributed by atoms with Crippen LogP contribution in [0.5, 0.6) is 0 Å². The molecule has 1 aliphatic heterocycles. The van der Waals surface area contributed by atoms with E-state index in [0.29, 0.717) is 5.92 Å². The fourth-order valence-corrected chi connectivity index (χ4v) is 5.82. The Morgan fingerprint density at radius 2 is 1.84 bits per heavy atom. The quantitative estimate of drug-likeness (QED) is 0.463. The van der Waals surface area contributed by atoms with Gasteiger partial charge in [0.15, 0.2) is 0 Å². The fraction of sp³-hybridized carbons (Fsp3) is 0.519. The van der Waals surface area contributed by atoms with E-state index < -0.39 is 0 Å². The summed E-state index contributed by atoms with van der Waals surface area (Å²) >= 11 is 0. The van der Waals surface area contributed by atoms with Gasteiger partial charge in [-0.2, -0.15) is 0 Å². The number of aryl methyl sites for hydroxylation is 1. The Kier molecular flexibility index (Phi) is 6.08. The first-order valence-corrected chi connectivity index (χ1v) is 12.1. The molecule has 1 saturated carbocycles. The summed E-state index contributed by atoms with van der Waals surface area (Å²) in [7, 11) is 0. The lowest BCUT2D eigenvalue weighted by atomic mass is 9.86. The summed E-state index contributed by atoms with van der Waals surface area (Å²) in [4.78, 5) is 7.07. The molecule has 1 aliphatic carbocycles. The normalized spacial score (nSPS) is 19.3. The zero-order chi connectivity index (χ0) is 21.2. The lowest BCUT2D eigenvalue weighted by Gasteiger charge is -2.33. The largest absolute Gasteiger partial charge is 0.315 e. The molecular weight excluding hydrogens is 385 g/mol. The smallest absolute Gasteiger partial charge is 0.123 e. The number of likely N-dealkylation sites (tertiary alicyclic amines) is 1. The van der Waals surface area contributed by atoms with Gasteiger partial charge < -0.3 is 9.47 Å². The SMILES string of the molecule is Cc1cc(F)ccc1-n1cc(C2CCN(CCC3CCCCC3)CC2)c2ccncc21. The van der Waals surface area contributed by atoms with E-state index in [0.717, 1.165) is 22.7 Å². The number of piperidine rings is 1. The van der Waals surface area contributed by atoms with Gasteiger partial charge in [0.1, 0.15) is 5.82 Å². The average molecular weight is 420 g/mol. The van der Waals surface area contributed by atoms with Crippen LogP contribution in [-0.2, 0) is 0 Å². The minimum Gasteiger partial charge on any atom is -0.315 e. The minimum absolute atomic E-state index is 0.184. The maximum atomic E-state index is 13.7. The molecule has 3 nitrogen and oxygen atoms in total. The van der Waals surface area contributed by atoms with Crippen LogP contribution in [0.2, 0.25) is 0 Å². The topological polar surface area (TPSA) is 21.1 Å². The van der Waals surface area contributed by atoms with Crippen molar-refractivity contribution in [1.29, 1.82) is 0 Å². The Morgan fingerprint density at radius 3 is 2.61 bits per heavy atom. The van der Waals surface area contributed by atoms with Crippen molar-refractivity contribution in [2.24, 2.45) is 5.92 Å². The molecule has 5 rings (SSSR count). The number of halogens is 1. The highest BCUT2D eigenvalue weighted by Crippen LogP contribution is 2.36. The van der Waals surface area contributed by atoms with Gasteiger partial charge in [-0.3, -0.25) is 4.98 Å². The molecule has 1 saturated heterocycles. The molecule has 0 amide bonds. The number of pyridine rings is 1. The minimum atomic E-state index is -0.184. The zero-order valence-electron chi connectivity index (χ0n) is 18.7. The second-order valence-electron chi connectivity index (χ2n) is 9.69. The molecule has 0 atom stereocenters. The summed E-state index contributed by atoms with van der Waals surface area (Å²) in [5.74, 6) is 1.37. The monoisotopic (exact) mass is 419 g/mol. The lowest BCUT2D eigenvalue weighted by Crippen LogP contribution is -2.34. The first-order chi connectivity index (χ1) is 15.2. The van der Waals surface area contributed by atoms with Gasteiger partial charge in [-0.25, -0.2) is 4.39 Å². The Bertz CT molecular complexity index is 1030. The van der Waals surface area contributed by atoms with Gasteiger partial charge in [-0.05, 0) is 93.0 Å². The van der Waals surface area contributed by atoms with Crippen molar-refractivity contribution in [2.75, 3.05) is 19.6 Å². The first kappa shape index (κ1) is 20.7. The summed E-state index contributed by atoms with van der Waals surface area (Å²) < 4.78 is 15.9. The Balaban J connectivity index is 1.32. The molecule has 0 N–H and O–H groups in total. The number of benzene rings is 1. The zero-order valence-corrected chi connectivity index (χ0v) is 18.7. The first-order valence-electron chi connectivity index (χ1n) is 12.1. The number of nitrogens with zero attached hydrogens (tertiary/aromatic N) is 3. The summed E-state index contributed by atoms with van der Waals surface area (Å²) in [6.07, 6.45) is 17.2. The molecule has 2 aromatic heterocycles. The van der Waals surface area contributed by atoms with E-state index in [9.17, 15) is 4.39 Å². The van der Waals surface area contributed by atoms with E-state index >= 15 is 0 Å². The third-order valence-electron chi connectivity index (χ3n) is 7.66. The standard InChI is InChI=1S/C27H34FN3/c1-20-17-23(28)7-8-26(20)31-19-25(24-9-13-29-18-27(24)31)22-11-15-30(16-12-22)14-10-21-5-3-2-4-6-21/h7-9,13,17-19,21-22H,2-6,10-12,14-16H2,1H3. The molecule has 0 spiro atoms. The van der Waals surface area contributed by atoms with Crippen LogP contribution in [0.25, 0.3) is 16.6 Å². The van der Waals surface area contributed by atoms with Gasteiger partial charge in [0, 0.05) is 23.5 Å². The summed E-state index contributed by atoms with van der Waals surface area (Å²) in [5.41, 5.74) is 4.53. The number of fused-ring (bicyclic) bond motifs is 1. The van der Waals surface area contributed by atoms with Crippen molar-refractivity contribution in [3.63, 3.8) is 0 Å². The number of hydrogen-bond acceptors (Lipinski definition) is 2. The van der Waals surface area contributed by atoms with Crippen LogP contribution in [0.3, 0.4) is 0 Å². The van der Waals surface area contributed by atoms with Crippen LogP contribution in [0.1, 0.15) is 68.4 Å². The van der Waals surface area contributed by atoms with E-state index in [1.165, 1.54) is 82.0 Å². The summed E-state index contributed by atoms with van der Waals surface area (Å²) in [6.45, 7) is 5.65. The number of hydrogen-bond donors (Lipinski definition) is 0. The summed E-state index contributed by atoms with van der Waals surface area (Å²) in [6, 6.07) is 7.20. The van der Waals surface area contributed by atoms with Crippen LogP contribution in [0.4, 0.5) is 4.39 Å². The molecule has 2 aliphatic rings. The third-order valence-corrected chi connectivity index (χ3v) is 7.66. The molecule has 0 radical (unpaired) electrons. The van der Waals surface area contributed by atoms with Crippen LogP contribution >= 0.6 is 0 Å². The maximum Gasteiger partial charge on any atom is 0.123 e. The van der Waals surface area contributed by atoms with Crippen molar-refractivity contribution < 1.29 is 4.39 Å². The van der Waals surface area contributed by atoms with Crippen molar-refractivity contribution in [3.8, 4) is 5.69 Å². The highest BCUT2D eigenvalue weighted by Gasteiger charge is 2.25. The molecule has 2 fully saturated rings. The molecule has 3 aromatic rings. The fourth-order valence-electron chi connectivity index (χ4n) is 5.82. The maximum absolute atomic E-state index is 13.7. The van der Waals surface area contributed by atoms with Crippen LogP contribution in [0.15, 0.2) is 42.9 Å². The molecule has 4 heteroatoms. The Labute approximate surface area is 185 Å². The third kappa shape index (κ3) is 4.41. The number of aromatic nitrogens is 2. The Morgan fingerprint density at radius 1 is 1.03 bits per heavy atom. The van der Waals surface area contributed by atoms with Gasteiger partial charge in [-0.1, -0.05) is 32.1 Å². The van der Waals surface area contributed by atoms with E-state index in [4.69, 9.17) is 0 Å². The van der Waals surface area contributed by atoms with E-state index in [2.05, 4.69) is 26.7 Å². The molecule has 164 valence electrons. The molecule has 0 bridgehead atoms. The van der Waals surface area contributed by atoms with Crippen molar-refractivity contribution in [2.45, 2.75) is 64.2 Å². The van der Waals surface area contributed by atoms with Gasteiger partial charge in [0.25, 0.3) is 0 Å². The van der Waals surface area contributed by atoms with E-state index in [1.807, 2.05) is 25.4 Å².